The average Bonchev–Trinajstić information content (AvgIpc) is 0.878. The molecular weight excluding hydrogens is 1130 g/mol. The zero-order valence-corrected chi connectivity index (χ0v) is 54.0. The third kappa shape index (κ3) is 9.42. The van der Waals surface area contributed by atoms with E-state index >= 15 is 28.8 Å². The first kappa shape index (κ1) is 57.5. The highest BCUT2D eigenvalue weighted by molar-refractivity contribution is 5.81. The Morgan fingerprint density at radius 3 is 0.367 bits per heavy atom. The summed E-state index contributed by atoms with van der Waals surface area (Å²) in [5.74, 6) is 8.02. The van der Waals surface area contributed by atoms with Crippen molar-refractivity contribution in [1.29, 1.82) is 0 Å². The molecule has 0 aromatic heterocycles. The minimum atomic E-state index is -0.580. The number of esters is 6. The molecule has 1 aromatic carbocycles. The van der Waals surface area contributed by atoms with Crippen LogP contribution in [0.15, 0.2) is 0 Å². The monoisotopic (exact) mass is 1230 g/mol. The summed E-state index contributed by atoms with van der Waals surface area (Å²) < 4.78 is 41.7. The molecule has 12 nitrogen and oxygen atoms in total. The summed E-state index contributed by atoms with van der Waals surface area (Å²) in [4.78, 5) is 92.8. The van der Waals surface area contributed by atoms with E-state index < -0.39 is 32.5 Å². The van der Waals surface area contributed by atoms with E-state index in [0.29, 0.717) is 140 Å². The first-order valence-corrected chi connectivity index (χ1v) is 37.7. The van der Waals surface area contributed by atoms with Crippen LogP contribution in [0.3, 0.4) is 0 Å². The summed E-state index contributed by atoms with van der Waals surface area (Å²) >= 11 is 0. The fraction of sp³-hybridized carbons (Fsp3) is 0.846. The third-order valence-electron chi connectivity index (χ3n) is 31.1. The van der Waals surface area contributed by atoms with Crippen molar-refractivity contribution in [2.45, 2.75) is 271 Å². The molecule has 0 amide bonds. The van der Waals surface area contributed by atoms with E-state index in [1.54, 1.807) is 0 Å². The maximum absolute atomic E-state index is 15.5. The van der Waals surface area contributed by atoms with E-state index in [0.717, 1.165) is 116 Å². The van der Waals surface area contributed by atoms with Gasteiger partial charge in [-0.3, -0.25) is 28.8 Å². The molecule has 0 heterocycles. The maximum atomic E-state index is 15.5. The smallest absolute Gasteiger partial charge is 0.312 e. The topological polar surface area (TPSA) is 158 Å². The molecule has 24 bridgehead atoms. The SMILES string of the molecule is O=C(OCc1c(COC(=O)C23CC4CC(CC(C4)C2)C3)c(COC(=O)C23CC4CC(CC(C4)C2)C3)c(COC(=O)C23CC4CC(CC(C4)C2)C3)c(COC(=O)C23CC4CC(CC(C4)C2)C3)c1COC(=O)C12CC3CC(CC(C3)C1)C2)C12CC3CC(CC(C3)C1)C2. The van der Waals surface area contributed by atoms with Crippen molar-refractivity contribution >= 4 is 35.8 Å². The van der Waals surface area contributed by atoms with Gasteiger partial charge in [0.15, 0.2) is 0 Å². The van der Waals surface area contributed by atoms with Crippen molar-refractivity contribution < 1.29 is 57.2 Å². The van der Waals surface area contributed by atoms with E-state index in [2.05, 4.69) is 0 Å². The van der Waals surface area contributed by atoms with E-state index in [1.165, 1.54) is 116 Å². The molecular formula is C78H102O12. The minimum Gasteiger partial charge on any atom is -0.460 e. The molecule has 0 N–H and O–H groups in total. The largest absolute Gasteiger partial charge is 0.460 e. The number of hydrogen-bond acceptors (Lipinski definition) is 12. The Morgan fingerprint density at radius 2 is 0.278 bits per heavy atom. The highest BCUT2D eigenvalue weighted by atomic mass is 16.6. The van der Waals surface area contributed by atoms with Crippen LogP contribution in [0.25, 0.3) is 0 Å². The second-order valence-electron chi connectivity index (χ2n) is 37.5. The number of ether oxygens (including phenoxy) is 6. The van der Waals surface area contributed by atoms with Crippen molar-refractivity contribution in [2.24, 2.45) is 139 Å². The van der Waals surface area contributed by atoms with Crippen LogP contribution in [-0.2, 0) is 96.8 Å². The van der Waals surface area contributed by atoms with Crippen LogP contribution in [0.1, 0.15) is 265 Å². The Bertz CT molecular complexity index is 2410. The Balaban J connectivity index is 0.758. The highest BCUT2D eigenvalue weighted by Gasteiger charge is 2.62. The molecule has 486 valence electrons. The molecule has 0 atom stereocenters. The molecule has 12 heteroatoms. The van der Waals surface area contributed by atoms with Gasteiger partial charge in [-0.15, -0.1) is 0 Å². The van der Waals surface area contributed by atoms with Gasteiger partial charge in [0.05, 0.1) is 32.5 Å². The molecule has 90 heavy (non-hydrogen) atoms. The second kappa shape index (κ2) is 20.8. The summed E-state index contributed by atoms with van der Waals surface area (Å²) in [6.45, 7) is -1.12. The highest BCUT2D eigenvalue weighted by Crippen LogP contribution is 2.67. The summed E-state index contributed by atoms with van der Waals surface area (Å²) in [6.07, 6.45) is 36.1. The zero-order chi connectivity index (χ0) is 60.3. The van der Waals surface area contributed by atoms with E-state index in [-0.39, 0.29) is 75.5 Å². The molecule has 0 unspecified atom stereocenters. The molecule has 24 saturated carbocycles. The van der Waals surface area contributed by atoms with Crippen molar-refractivity contribution in [3.8, 4) is 0 Å². The summed E-state index contributed by atoms with van der Waals surface area (Å²) in [5.41, 5.74) is -0.0520. The molecule has 24 aliphatic carbocycles. The molecule has 1 aromatic rings. The molecule has 0 radical (unpaired) electrons. The van der Waals surface area contributed by atoms with Crippen molar-refractivity contribution in [3.05, 3.63) is 33.4 Å². The third-order valence-corrected chi connectivity index (χ3v) is 31.1. The summed E-state index contributed by atoms with van der Waals surface area (Å²) in [5, 5.41) is 0. The lowest BCUT2D eigenvalue weighted by atomic mass is 9.49. The maximum Gasteiger partial charge on any atom is 0.312 e. The normalized spacial score (nSPS) is 47.9. The van der Waals surface area contributed by atoms with Gasteiger partial charge in [0.2, 0.25) is 0 Å². The van der Waals surface area contributed by atoms with E-state index in [1.807, 2.05) is 0 Å². The van der Waals surface area contributed by atoms with Crippen LogP contribution in [0.2, 0.25) is 0 Å². The predicted molar refractivity (Wildman–Crippen MR) is 329 cm³/mol. The lowest BCUT2D eigenvalue weighted by molar-refractivity contribution is -0.175. The zero-order valence-electron chi connectivity index (χ0n) is 54.0. The van der Waals surface area contributed by atoms with E-state index in [9.17, 15) is 0 Å². The predicted octanol–water partition coefficient (Wildman–Crippen LogP) is 15.2. The Morgan fingerprint density at radius 1 is 0.189 bits per heavy atom. The van der Waals surface area contributed by atoms with Crippen LogP contribution >= 0.6 is 0 Å². The van der Waals surface area contributed by atoms with Crippen molar-refractivity contribution in [3.63, 3.8) is 0 Å². The standard InChI is InChI=1S/C78H102O12/c79-67(73-19-43-1-44(20-73)3-45(2-43)21-73)85-37-61-62(38-86-68(80)74-22-46-4-47(23-74)6-48(5-46)24-74)64(40-88-70(82)76-28-52-10-53(29-76)12-54(11-52)30-76)66(42-90-72(84)78-34-58-16-59(35-78)18-60(17-58)36-78)65(41-89-71(83)77-31-55-13-56(32-77)15-57(14-55)33-77)63(61)39-87-69(81)75-25-49-7-50(26-75)9-51(8-49)27-75/h43-60H,1-42H2. The molecule has 24 aliphatic rings. The van der Waals surface area contributed by atoms with Crippen LogP contribution in [-0.4, -0.2) is 35.8 Å². The van der Waals surface area contributed by atoms with Crippen LogP contribution in [0.5, 0.6) is 0 Å². The Labute approximate surface area is 533 Å². The first-order valence-electron chi connectivity index (χ1n) is 37.7. The van der Waals surface area contributed by atoms with Gasteiger partial charge in [-0.05, 0) is 338 Å². The number of carbonyl (C=O) groups is 6. The van der Waals surface area contributed by atoms with Gasteiger partial charge in [0.25, 0.3) is 0 Å². The van der Waals surface area contributed by atoms with Gasteiger partial charge in [-0.1, -0.05) is 0 Å². The summed E-state index contributed by atoms with van der Waals surface area (Å²) in [6, 6.07) is 0. The number of carbonyl (C=O) groups excluding carboxylic acids is 6. The lowest BCUT2D eigenvalue weighted by Crippen LogP contribution is -2.51. The van der Waals surface area contributed by atoms with Crippen LogP contribution in [0, 0.1) is 139 Å². The van der Waals surface area contributed by atoms with Crippen molar-refractivity contribution in [1.82, 2.24) is 0 Å². The fourth-order valence-corrected chi connectivity index (χ4v) is 30.0. The second-order valence-corrected chi connectivity index (χ2v) is 37.5. The lowest BCUT2D eigenvalue weighted by Gasteiger charge is -2.55. The van der Waals surface area contributed by atoms with Gasteiger partial charge < -0.3 is 28.4 Å². The van der Waals surface area contributed by atoms with Gasteiger partial charge >= 0.3 is 35.8 Å². The van der Waals surface area contributed by atoms with Gasteiger partial charge in [-0.25, -0.2) is 0 Å². The summed E-state index contributed by atoms with van der Waals surface area (Å²) in [7, 11) is 0. The number of benzene rings is 1. The Kier molecular flexibility index (Phi) is 13.3. The Hall–Kier alpha value is -3.96. The first-order chi connectivity index (χ1) is 43.5. The van der Waals surface area contributed by atoms with Gasteiger partial charge in [-0.2, -0.15) is 0 Å². The minimum absolute atomic E-state index is 0.186. The van der Waals surface area contributed by atoms with Gasteiger partial charge in [0.1, 0.15) is 39.6 Å². The van der Waals surface area contributed by atoms with Crippen LogP contribution < -0.4 is 0 Å². The number of hydrogen-bond donors (Lipinski definition) is 0. The fourth-order valence-electron chi connectivity index (χ4n) is 30.0. The molecule has 24 fully saturated rings. The molecule has 25 rings (SSSR count). The average molecular weight is 1230 g/mol. The molecule has 0 saturated heterocycles. The van der Waals surface area contributed by atoms with Crippen LogP contribution in [0.4, 0.5) is 0 Å². The quantitative estimate of drug-likeness (QED) is 0.101. The number of rotatable bonds is 18. The van der Waals surface area contributed by atoms with Gasteiger partial charge in [0, 0.05) is 33.4 Å². The molecule has 0 spiro atoms. The van der Waals surface area contributed by atoms with Crippen molar-refractivity contribution in [2.75, 3.05) is 0 Å². The van der Waals surface area contributed by atoms with E-state index in [4.69, 9.17) is 28.4 Å². The molecule has 0 aliphatic heterocycles.